The summed E-state index contributed by atoms with van der Waals surface area (Å²) in [6, 6.07) is 9.25. The molecule has 5 N–H and O–H groups in total. The molecule has 1 fully saturated rings. The number of aliphatic hydroxyl groups excluding tert-OH is 1. The minimum atomic E-state index is -3.99. The van der Waals surface area contributed by atoms with E-state index in [0.29, 0.717) is 17.6 Å². The summed E-state index contributed by atoms with van der Waals surface area (Å²) < 4.78 is 37.6. The zero-order valence-electron chi connectivity index (χ0n) is 25.9. The number of carbonyl (C=O) groups is 2. The lowest BCUT2D eigenvalue weighted by atomic mass is 9.91. The molecule has 1 aromatic carbocycles. The van der Waals surface area contributed by atoms with Crippen LogP contribution in [0.15, 0.2) is 43.0 Å². The van der Waals surface area contributed by atoms with Crippen LogP contribution in [0.4, 0.5) is 10.6 Å². The molecule has 5 atom stereocenters. The van der Waals surface area contributed by atoms with E-state index in [1.807, 2.05) is 30.3 Å². The van der Waals surface area contributed by atoms with Crippen molar-refractivity contribution in [2.24, 2.45) is 5.41 Å². The van der Waals surface area contributed by atoms with E-state index < -0.39 is 42.6 Å². The van der Waals surface area contributed by atoms with Crippen molar-refractivity contribution in [3.05, 3.63) is 48.5 Å². The smallest absolute Gasteiger partial charge is 0.406 e. The first-order valence-electron chi connectivity index (χ1n) is 14.4. The largest absolute Gasteiger partial charge is 0.453 e. The van der Waals surface area contributed by atoms with Gasteiger partial charge in [0.15, 0.2) is 22.8 Å². The minimum Gasteiger partial charge on any atom is -0.453 e. The van der Waals surface area contributed by atoms with Crippen molar-refractivity contribution in [1.82, 2.24) is 29.9 Å². The number of alkyl carbamates (subject to hydrolysis) is 1. The molecule has 2 aromatic heterocycles. The van der Waals surface area contributed by atoms with Crippen LogP contribution in [0.5, 0.6) is 0 Å². The summed E-state index contributed by atoms with van der Waals surface area (Å²) in [6.45, 7) is 5.16. The number of hydrogen-bond acceptors (Lipinski definition) is 13. The molecule has 252 valence electrons. The highest BCUT2D eigenvalue weighted by molar-refractivity contribution is 8.13. The van der Waals surface area contributed by atoms with Gasteiger partial charge in [0, 0.05) is 24.3 Å². The van der Waals surface area contributed by atoms with E-state index in [4.69, 9.17) is 31.1 Å². The third-order valence-corrected chi connectivity index (χ3v) is 10.6. The summed E-state index contributed by atoms with van der Waals surface area (Å²) in [5.41, 5.74) is 6.73. The van der Waals surface area contributed by atoms with E-state index in [-0.39, 0.29) is 43.0 Å². The van der Waals surface area contributed by atoms with Gasteiger partial charge in [0.25, 0.3) is 0 Å². The van der Waals surface area contributed by atoms with Crippen LogP contribution in [0.3, 0.4) is 0 Å². The van der Waals surface area contributed by atoms with Crippen molar-refractivity contribution < 1.29 is 37.8 Å². The van der Waals surface area contributed by atoms with E-state index in [9.17, 15) is 19.3 Å². The Morgan fingerprint density at radius 2 is 1.98 bits per heavy atom. The number of amides is 1. The number of halogens is 1. The summed E-state index contributed by atoms with van der Waals surface area (Å²) in [4.78, 5) is 35.2. The molecule has 0 spiro atoms. The van der Waals surface area contributed by atoms with Crippen molar-refractivity contribution >= 4 is 59.3 Å². The number of rotatable bonds is 15. The minimum absolute atomic E-state index is 0.0853. The molecular weight excluding hydrogens is 661 g/mol. The number of nitrogens with one attached hydrogen (secondary N) is 2. The number of imidazole rings is 1. The summed E-state index contributed by atoms with van der Waals surface area (Å²) in [6.07, 6.45) is -0.619. The van der Waals surface area contributed by atoms with Crippen LogP contribution >= 0.6 is 31.1 Å². The van der Waals surface area contributed by atoms with Gasteiger partial charge in [-0.15, -0.1) is 11.6 Å². The molecule has 46 heavy (non-hydrogen) atoms. The Hall–Kier alpha value is -2.82. The van der Waals surface area contributed by atoms with E-state index >= 15 is 0 Å². The van der Waals surface area contributed by atoms with Crippen LogP contribution in [0.1, 0.15) is 39.0 Å². The number of aliphatic hydroxyl groups is 1. The molecule has 3 heterocycles. The number of carbonyl (C=O) groups excluding carboxylic acids is 2. The zero-order valence-corrected chi connectivity index (χ0v) is 28.4. The summed E-state index contributed by atoms with van der Waals surface area (Å²) >= 11 is 7.82. The van der Waals surface area contributed by atoms with Gasteiger partial charge in [-0.1, -0.05) is 55.9 Å². The first kappa shape index (κ1) is 36.0. The number of ether oxygens (including phenoxy) is 2. The fraction of sp³-hybridized carbons (Fsp3) is 0.536. The maximum absolute atomic E-state index is 13.9. The number of benzene rings is 1. The Bertz CT molecular complexity index is 1550. The lowest BCUT2D eigenvalue weighted by Crippen LogP contribution is -2.40. The van der Waals surface area contributed by atoms with Crippen molar-refractivity contribution in [2.75, 3.05) is 38.4 Å². The molecule has 0 unspecified atom stereocenters. The number of nitrogens with zero attached hydrogens (tertiary/aromatic N) is 4. The van der Waals surface area contributed by atoms with Crippen molar-refractivity contribution in [2.45, 2.75) is 57.0 Å². The number of nitrogen functional groups attached to an aromatic ring is 1. The molecule has 0 radical (unpaired) electrons. The van der Waals surface area contributed by atoms with Gasteiger partial charge in [-0.2, -0.15) is 0 Å². The molecule has 3 aromatic rings. The Balaban J connectivity index is 1.38. The maximum atomic E-state index is 13.9. The zero-order chi connectivity index (χ0) is 33.5. The Labute approximate surface area is 275 Å². The third kappa shape index (κ3) is 8.75. The molecule has 0 aliphatic carbocycles. The van der Waals surface area contributed by atoms with Crippen LogP contribution in [-0.4, -0.2) is 85.5 Å². The lowest BCUT2D eigenvalue weighted by Gasteiger charge is -2.26. The highest BCUT2D eigenvalue weighted by atomic mass is 35.5. The van der Waals surface area contributed by atoms with Crippen LogP contribution < -0.4 is 16.1 Å². The topological polar surface area (TPSA) is 202 Å². The lowest BCUT2D eigenvalue weighted by molar-refractivity contribution is -0.118. The van der Waals surface area contributed by atoms with E-state index in [1.54, 1.807) is 25.3 Å². The summed E-state index contributed by atoms with van der Waals surface area (Å²) in [7, 11) is -2.72. The highest BCUT2D eigenvalue weighted by Crippen LogP contribution is 2.48. The van der Waals surface area contributed by atoms with Crippen LogP contribution in [0.2, 0.25) is 0 Å². The normalized spacial score (nSPS) is 22.9. The second kappa shape index (κ2) is 15.4. The number of aromatic nitrogens is 4. The van der Waals surface area contributed by atoms with Gasteiger partial charge in [-0.25, -0.2) is 29.4 Å². The van der Waals surface area contributed by atoms with Gasteiger partial charge in [0.05, 0.1) is 26.7 Å². The van der Waals surface area contributed by atoms with Gasteiger partial charge in [-0.3, -0.25) is 18.4 Å². The predicted octanol–water partition coefficient (Wildman–Crippen LogP) is 3.63. The second-order valence-electron chi connectivity index (χ2n) is 11.3. The number of alkyl halides is 1. The number of nitrogens with two attached hydrogens (primary N) is 1. The fourth-order valence-electron chi connectivity index (χ4n) is 4.61. The molecule has 1 aliphatic rings. The molecule has 15 nitrogen and oxygen atoms in total. The van der Waals surface area contributed by atoms with Crippen LogP contribution in [0.25, 0.3) is 11.2 Å². The van der Waals surface area contributed by atoms with Crippen molar-refractivity contribution in [1.29, 1.82) is 0 Å². The first-order valence-corrected chi connectivity index (χ1v) is 17.3. The molecule has 1 amide bonds. The molecule has 4 rings (SSSR count). The van der Waals surface area contributed by atoms with Gasteiger partial charge in [0.1, 0.15) is 28.9 Å². The third-order valence-electron chi connectivity index (χ3n) is 7.42. The monoisotopic (exact) mass is 699 g/mol. The predicted molar refractivity (Wildman–Crippen MR) is 173 cm³/mol. The standard InChI is InChI=1S/C28H39ClN7O8PS/c1-27(2,10-11-31-26(39)41-4)25(38)46-13-12-42-45(40,35-14-18-8-6-5-7-9-18)43-15-19-21(37)28(3,29)24(44-19)36-17-34-20-22(30)32-16-33-23(20)36/h5-9,16-17,19,21,24,37H,10-15H2,1-4H3,(H,31,39)(H,35,40)(H2,30,32,33)/t19-,21-,24-,28-,45+/m1/s1. The van der Waals surface area contributed by atoms with Crippen molar-refractivity contribution in [3.63, 3.8) is 0 Å². The average molecular weight is 700 g/mol. The molecule has 1 saturated heterocycles. The molecule has 0 bridgehead atoms. The molecule has 18 heteroatoms. The summed E-state index contributed by atoms with van der Waals surface area (Å²) in [5, 5.41) is 16.4. The van der Waals surface area contributed by atoms with Crippen LogP contribution in [-0.2, 0) is 34.4 Å². The first-order chi connectivity index (χ1) is 21.8. The van der Waals surface area contributed by atoms with E-state index in [1.165, 1.54) is 19.8 Å². The second-order valence-corrected chi connectivity index (χ2v) is 15.1. The fourth-order valence-corrected chi connectivity index (χ4v) is 7.19. The Kier molecular flexibility index (Phi) is 12.1. The molecular formula is C28H39ClN7O8PS. The van der Waals surface area contributed by atoms with Gasteiger partial charge >= 0.3 is 13.8 Å². The number of anilines is 1. The SMILES string of the molecule is COC(=O)NCCC(C)(C)C(=O)SCCO[P@@](=O)(NCc1ccccc1)OC[C@H]1O[C@@H](n2cnc3c(N)ncnc32)[C@](C)(Cl)[C@@H]1O. The Morgan fingerprint density at radius 3 is 2.70 bits per heavy atom. The quantitative estimate of drug-likeness (QED) is 0.102. The van der Waals surface area contributed by atoms with E-state index in [2.05, 4.69) is 30.1 Å². The number of methoxy groups -OCH3 is 1. The van der Waals surface area contributed by atoms with Crippen molar-refractivity contribution in [3.8, 4) is 0 Å². The Morgan fingerprint density at radius 1 is 1.24 bits per heavy atom. The number of hydrogen-bond donors (Lipinski definition) is 4. The molecule has 1 aliphatic heterocycles. The molecule has 0 saturated carbocycles. The van der Waals surface area contributed by atoms with Crippen LogP contribution in [0, 0.1) is 5.41 Å². The summed E-state index contributed by atoms with van der Waals surface area (Å²) in [5.74, 6) is 0.371. The van der Waals surface area contributed by atoms with E-state index in [0.717, 1.165) is 17.3 Å². The van der Waals surface area contributed by atoms with Gasteiger partial charge in [-0.05, 0) is 18.9 Å². The maximum Gasteiger partial charge on any atom is 0.406 e. The number of thioether (sulfide) groups is 1. The number of fused-ring (bicyclic) bond motifs is 1. The highest BCUT2D eigenvalue weighted by Gasteiger charge is 2.54. The average Bonchev–Trinajstić information content (AvgIpc) is 3.56. The van der Waals surface area contributed by atoms with Gasteiger partial charge < -0.3 is 25.6 Å². The van der Waals surface area contributed by atoms with Gasteiger partial charge in [0.2, 0.25) is 0 Å².